The number of nitrogens with zero attached hydrogens (tertiary/aromatic N) is 3. The molecular weight excluding hydrogens is 787 g/mol. The summed E-state index contributed by atoms with van der Waals surface area (Å²) in [5, 5.41) is 9.64. The minimum Gasteiger partial charge on any atom is -0.309 e. The molecule has 2 aromatic heterocycles. The van der Waals surface area contributed by atoms with E-state index in [0.29, 0.717) is 0 Å². The van der Waals surface area contributed by atoms with Crippen molar-refractivity contribution in [2.24, 2.45) is 0 Å². The van der Waals surface area contributed by atoms with E-state index in [1.165, 1.54) is 76.7 Å². The van der Waals surface area contributed by atoms with E-state index in [4.69, 9.17) is 9.97 Å². The molecule has 2 heterocycles. The van der Waals surface area contributed by atoms with Crippen LogP contribution in [0.5, 0.6) is 0 Å². The molecule has 0 aliphatic carbocycles. The zero-order valence-electron chi connectivity index (χ0n) is 35.4. The lowest BCUT2D eigenvalue weighted by atomic mass is 9.97. The van der Waals surface area contributed by atoms with Crippen molar-refractivity contribution in [3.63, 3.8) is 0 Å². The summed E-state index contributed by atoms with van der Waals surface area (Å²) in [4.78, 5) is 10.3. The second kappa shape index (κ2) is 15.0. The molecule has 0 spiro atoms. The van der Waals surface area contributed by atoms with Crippen LogP contribution in [-0.4, -0.2) is 14.5 Å². The molecule has 0 unspecified atom stereocenters. The number of hydrogen-bond acceptors (Lipinski definition) is 2. The molecule has 0 aliphatic rings. The number of hydrogen-bond donors (Lipinski definition) is 0. The summed E-state index contributed by atoms with van der Waals surface area (Å²) in [5.41, 5.74) is 16.8. The average molecular weight is 826 g/mol. The first-order valence-corrected chi connectivity index (χ1v) is 22.2. The van der Waals surface area contributed by atoms with Gasteiger partial charge in [0.15, 0.2) is 0 Å². The Balaban J connectivity index is 0.805. The lowest BCUT2D eigenvalue weighted by Crippen LogP contribution is -1.94. The van der Waals surface area contributed by atoms with Crippen molar-refractivity contribution >= 4 is 65.2 Å². The van der Waals surface area contributed by atoms with Gasteiger partial charge < -0.3 is 4.57 Å². The third-order valence-electron chi connectivity index (χ3n) is 13.2. The minimum atomic E-state index is 0.860. The Morgan fingerprint density at radius 1 is 0.277 bits per heavy atom. The Labute approximate surface area is 376 Å². The molecular formula is C62H39N3. The predicted molar refractivity (Wildman–Crippen MR) is 274 cm³/mol. The zero-order valence-corrected chi connectivity index (χ0v) is 35.4. The van der Waals surface area contributed by atoms with Crippen molar-refractivity contribution in [2.45, 2.75) is 0 Å². The molecule has 302 valence electrons. The van der Waals surface area contributed by atoms with Crippen LogP contribution in [0.3, 0.4) is 0 Å². The van der Waals surface area contributed by atoms with Crippen LogP contribution in [0.1, 0.15) is 0 Å². The normalized spacial score (nSPS) is 11.7. The summed E-state index contributed by atoms with van der Waals surface area (Å²) in [5.74, 6) is 0. The number of aromatic nitrogens is 3. The van der Waals surface area contributed by atoms with Crippen molar-refractivity contribution in [3.8, 4) is 61.5 Å². The molecule has 0 atom stereocenters. The van der Waals surface area contributed by atoms with E-state index in [0.717, 1.165) is 49.9 Å². The van der Waals surface area contributed by atoms with Gasteiger partial charge in [-0.15, -0.1) is 0 Å². The van der Waals surface area contributed by atoms with Gasteiger partial charge in [0.1, 0.15) is 0 Å². The third-order valence-corrected chi connectivity index (χ3v) is 13.2. The Hall–Kier alpha value is -8.66. The highest BCUT2D eigenvalue weighted by Gasteiger charge is 2.16. The van der Waals surface area contributed by atoms with Crippen molar-refractivity contribution in [1.82, 2.24) is 14.5 Å². The largest absolute Gasteiger partial charge is 0.309 e. The van der Waals surface area contributed by atoms with Gasteiger partial charge >= 0.3 is 0 Å². The predicted octanol–water partition coefficient (Wildman–Crippen LogP) is 16.5. The van der Waals surface area contributed by atoms with E-state index >= 15 is 0 Å². The molecule has 0 radical (unpaired) electrons. The number of fused-ring (bicyclic) bond motifs is 10. The molecule has 0 N–H and O–H groups in total. The lowest BCUT2D eigenvalue weighted by molar-refractivity contribution is 1.18. The van der Waals surface area contributed by atoms with Crippen molar-refractivity contribution in [1.29, 1.82) is 0 Å². The van der Waals surface area contributed by atoms with Gasteiger partial charge in [0.25, 0.3) is 0 Å². The fourth-order valence-electron chi connectivity index (χ4n) is 9.96. The topological polar surface area (TPSA) is 30.7 Å². The van der Waals surface area contributed by atoms with Gasteiger partial charge in [-0.3, -0.25) is 4.98 Å². The van der Waals surface area contributed by atoms with Gasteiger partial charge in [0, 0.05) is 32.8 Å². The molecule has 3 nitrogen and oxygen atoms in total. The second-order valence-electron chi connectivity index (χ2n) is 17.0. The van der Waals surface area contributed by atoms with Crippen molar-refractivity contribution < 1.29 is 0 Å². The highest BCUT2D eigenvalue weighted by Crippen LogP contribution is 2.38. The molecule has 0 bridgehead atoms. The molecule has 65 heavy (non-hydrogen) atoms. The molecule has 0 saturated carbocycles. The van der Waals surface area contributed by atoms with E-state index in [2.05, 4.69) is 235 Å². The Kier molecular flexibility index (Phi) is 8.53. The van der Waals surface area contributed by atoms with Crippen molar-refractivity contribution in [2.75, 3.05) is 0 Å². The quantitative estimate of drug-likeness (QED) is 0.156. The Morgan fingerprint density at radius 2 is 0.754 bits per heavy atom. The highest BCUT2D eigenvalue weighted by atomic mass is 15.0. The van der Waals surface area contributed by atoms with Gasteiger partial charge in [-0.25, -0.2) is 4.98 Å². The van der Waals surface area contributed by atoms with Crippen LogP contribution in [0.2, 0.25) is 0 Å². The van der Waals surface area contributed by atoms with Gasteiger partial charge in [-0.05, 0) is 115 Å². The molecule has 0 fully saturated rings. The number of para-hydroxylation sites is 1. The molecule has 13 aromatic rings. The van der Waals surface area contributed by atoms with Crippen LogP contribution in [0, 0.1) is 0 Å². The second-order valence-corrected chi connectivity index (χ2v) is 17.0. The zero-order chi connectivity index (χ0) is 42.8. The van der Waals surface area contributed by atoms with E-state index in [1.807, 2.05) is 6.20 Å². The first-order chi connectivity index (χ1) is 32.2. The van der Waals surface area contributed by atoms with Crippen LogP contribution in [-0.2, 0) is 0 Å². The van der Waals surface area contributed by atoms with Crippen LogP contribution in [0.4, 0.5) is 0 Å². The molecule has 13 rings (SSSR count). The fourth-order valence-corrected chi connectivity index (χ4v) is 9.96. The van der Waals surface area contributed by atoms with E-state index in [1.54, 1.807) is 0 Å². The van der Waals surface area contributed by atoms with Gasteiger partial charge in [0.2, 0.25) is 0 Å². The summed E-state index contributed by atoms with van der Waals surface area (Å²) in [6.07, 6.45) is 1.92. The Morgan fingerprint density at radius 3 is 1.46 bits per heavy atom. The lowest BCUT2D eigenvalue weighted by Gasteiger charge is -2.12. The van der Waals surface area contributed by atoms with E-state index in [9.17, 15) is 0 Å². The maximum absolute atomic E-state index is 5.26. The average Bonchev–Trinajstić information content (AvgIpc) is 3.72. The third kappa shape index (κ3) is 6.28. The van der Waals surface area contributed by atoms with Crippen LogP contribution in [0.15, 0.2) is 237 Å². The van der Waals surface area contributed by atoms with Crippen LogP contribution in [0.25, 0.3) is 127 Å². The fraction of sp³-hybridized carbons (Fsp3) is 0. The summed E-state index contributed by atoms with van der Waals surface area (Å²) < 4.78 is 2.39. The SMILES string of the molecule is c1cc(-c2ccc(-n3c4ccccc4c4cc(-c5ccc(-c6ccc7ccccc7c6)cc5)ccc43)cc2)cc(-c2cccc(-c3cnc4c5ccccc5c5ccccc5c4n3)c2)c1. The van der Waals surface area contributed by atoms with E-state index < -0.39 is 0 Å². The first kappa shape index (κ1) is 36.9. The van der Waals surface area contributed by atoms with Crippen LogP contribution >= 0.6 is 0 Å². The number of rotatable bonds is 6. The van der Waals surface area contributed by atoms with Gasteiger partial charge in [0.05, 0.1) is 34.0 Å². The van der Waals surface area contributed by atoms with Crippen LogP contribution < -0.4 is 0 Å². The minimum absolute atomic E-state index is 0.860. The maximum Gasteiger partial charge on any atom is 0.0979 e. The molecule has 3 heteroatoms. The molecule has 0 aliphatic heterocycles. The van der Waals surface area contributed by atoms with Gasteiger partial charge in [-0.2, -0.15) is 0 Å². The smallest absolute Gasteiger partial charge is 0.0979 e. The highest BCUT2D eigenvalue weighted by molar-refractivity contribution is 6.23. The summed E-state index contributed by atoms with van der Waals surface area (Å²) in [7, 11) is 0. The Bertz CT molecular complexity index is 3960. The maximum atomic E-state index is 5.26. The monoisotopic (exact) mass is 825 g/mol. The standard InChI is InChI=1S/C62H39N3/c1-2-12-44-36-48(28-27-40(44)11-1)41-23-25-42(26-24-41)49-31-34-60-57(38-49)54-19-7-8-22-59(54)65(60)51-32-29-43(30-33-51)45-13-9-14-46(35-45)47-15-10-16-50(37-47)58-39-63-61-55-20-5-3-17-52(55)53-18-4-6-21-56(53)62(61)64-58/h1-39H. The summed E-state index contributed by atoms with van der Waals surface area (Å²) in [6.45, 7) is 0. The number of benzene rings is 11. The molecule has 0 saturated heterocycles. The molecule has 11 aromatic carbocycles. The van der Waals surface area contributed by atoms with Gasteiger partial charge in [-0.1, -0.05) is 182 Å². The first-order valence-electron chi connectivity index (χ1n) is 22.2. The van der Waals surface area contributed by atoms with Crippen molar-refractivity contribution in [3.05, 3.63) is 237 Å². The summed E-state index contributed by atoms with van der Waals surface area (Å²) >= 11 is 0. The molecule has 0 amide bonds. The summed E-state index contributed by atoms with van der Waals surface area (Å²) in [6, 6.07) is 83.3. The van der Waals surface area contributed by atoms with E-state index in [-0.39, 0.29) is 0 Å².